The van der Waals surface area contributed by atoms with Gasteiger partial charge in [0.2, 0.25) is 5.91 Å². The Morgan fingerprint density at radius 1 is 1.05 bits per heavy atom. The van der Waals surface area contributed by atoms with Crippen LogP contribution < -0.4 is 10.6 Å². The van der Waals surface area contributed by atoms with Gasteiger partial charge in [0.05, 0.1) is 26.4 Å². The summed E-state index contributed by atoms with van der Waals surface area (Å²) < 4.78 is 22.8. The minimum atomic E-state index is -2.21. The number of carbonyl (C=O) groups is 3. The van der Waals surface area contributed by atoms with Crippen LogP contribution in [0.15, 0.2) is 24.3 Å². The highest BCUT2D eigenvalue weighted by molar-refractivity contribution is 6.74. The van der Waals surface area contributed by atoms with Crippen LogP contribution in [-0.4, -0.2) is 57.8 Å². The van der Waals surface area contributed by atoms with Crippen LogP contribution in [0.4, 0.5) is 10.5 Å². The molecule has 210 valence electrons. The van der Waals surface area contributed by atoms with Crippen molar-refractivity contribution in [2.45, 2.75) is 104 Å². The van der Waals surface area contributed by atoms with Crippen LogP contribution in [-0.2, 0) is 34.8 Å². The Labute approximate surface area is 223 Å². The first-order valence-electron chi connectivity index (χ1n) is 12.7. The number of carbonyl (C=O) groups excluding carboxylic acids is 3. The van der Waals surface area contributed by atoms with Crippen LogP contribution >= 0.6 is 0 Å². The first kappa shape index (κ1) is 32.6. The molecule has 2 N–H and O–H groups in total. The number of esters is 1. The predicted octanol–water partition coefficient (Wildman–Crippen LogP) is 5.40. The molecule has 0 aliphatic carbocycles. The van der Waals surface area contributed by atoms with E-state index < -0.39 is 38.1 Å². The topological polar surface area (TPSA) is 112 Å². The van der Waals surface area contributed by atoms with E-state index in [1.165, 1.54) is 7.11 Å². The minimum absolute atomic E-state index is 0.0443. The van der Waals surface area contributed by atoms with Crippen LogP contribution in [0, 0.1) is 0 Å². The number of anilines is 1. The third-order valence-electron chi connectivity index (χ3n) is 6.05. The maximum atomic E-state index is 12.8. The molecule has 0 aliphatic rings. The summed E-state index contributed by atoms with van der Waals surface area (Å²) in [5, 5.41) is 5.53. The van der Waals surface area contributed by atoms with Crippen molar-refractivity contribution < 1.29 is 33.0 Å². The molecule has 2 amide bonds. The molecule has 1 aromatic carbocycles. The molecule has 1 aromatic rings. The van der Waals surface area contributed by atoms with Crippen molar-refractivity contribution in [3.63, 3.8) is 0 Å². The van der Waals surface area contributed by atoms with E-state index in [4.69, 9.17) is 18.6 Å². The number of amides is 2. The first-order valence-corrected chi connectivity index (χ1v) is 15.6. The number of rotatable bonds is 12. The molecule has 0 bridgehead atoms. The summed E-state index contributed by atoms with van der Waals surface area (Å²) in [7, 11) is -0.948. The van der Waals surface area contributed by atoms with Gasteiger partial charge in [-0.25, -0.2) is 9.59 Å². The Morgan fingerprint density at radius 2 is 1.70 bits per heavy atom. The largest absolute Gasteiger partial charge is 0.467 e. The summed E-state index contributed by atoms with van der Waals surface area (Å²) in [5.41, 5.74) is 0.655. The molecule has 0 radical (unpaired) electrons. The second-order valence-corrected chi connectivity index (χ2v) is 16.4. The van der Waals surface area contributed by atoms with Crippen molar-refractivity contribution in [3.8, 4) is 0 Å². The van der Waals surface area contributed by atoms with Crippen LogP contribution in [0.25, 0.3) is 0 Å². The highest BCUT2D eigenvalue weighted by Crippen LogP contribution is 2.36. The first-order chi connectivity index (χ1) is 17.0. The number of hydrogen-bond donors (Lipinski definition) is 2. The molecule has 9 nitrogen and oxygen atoms in total. The fourth-order valence-corrected chi connectivity index (χ4v) is 4.05. The molecule has 10 heteroatoms. The van der Waals surface area contributed by atoms with E-state index in [1.807, 2.05) is 13.0 Å². The van der Waals surface area contributed by atoms with Crippen molar-refractivity contribution in [2.24, 2.45) is 0 Å². The summed E-state index contributed by atoms with van der Waals surface area (Å²) in [6.07, 6.45) is -0.661. The molecule has 37 heavy (non-hydrogen) atoms. The van der Waals surface area contributed by atoms with E-state index in [-0.39, 0.29) is 24.2 Å². The van der Waals surface area contributed by atoms with Crippen LogP contribution in [0.1, 0.15) is 66.9 Å². The molecule has 0 spiro atoms. The van der Waals surface area contributed by atoms with Gasteiger partial charge in [-0.3, -0.25) is 4.79 Å². The summed E-state index contributed by atoms with van der Waals surface area (Å²) in [5.74, 6) is -0.718. The van der Waals surface area contributed by atoms with Gasteiger partial charge in [0.1, 0.15) is 5.60 Å². The third kappa shape index (κ3) is 11.7. The summed E-state index contributed by atoms with van der Waals surface area (Å²) in [6, 6.07) is 6.33. The Balaban J connectivity index is 3.14. The number of benzene rings is 1. The fourth-order valence-electron chi connectivity index (χ4n) is 3.02. The molecule has 1 rings (SSSR count). The quantitative estimate of drug-likeness (QED) is 0.271. The van der Waals surface area contributed by atoms with Crippen molar-refractivity contribution in [1.29, 1.82) is 0 Å². The maximum Gasteiger partial charge on any atom is 0.408 e. The number of ether oxygens (including phenoxy) is 3. The lowest BCUT2D eigenvalue weighted by Gasteiger charge is -2.38. The summed E-state index contributed by atoms with van der Waals surface area (Å²) >= 11 is 0. The molecule has 0 aromatic heterocycles. The van der Waals surface area contributed by atoms with E-state index in [1.54, 1.807) is 39.0 Å². The fraction of sp³-hybridized carbons (Fsp3) is 0.667. The van der Waals surface area contributed by atoms with Crippen LogP contribution in [0.5, 0.6) is 0 Å². The van der Waals surface area contributed by atoms with E-state index in [0.717, 1.165) is 12.0 Å². The lowest BCUT2D eigenvalue weighted by molar-refractivity contribution is -0.157. The molecule has 0 saturated carbocycles. The van der Waals surface area contributed by atoms with Gasteiger partial charge in [-0.2, -0.15) is 0 Å². The monoisotopic (exact) mass is 538 g/mol. The molecule has 0 fully saturated rings. The number of methoxy groups -OCH3 is 1. The summed E-state index contributed by atoms with van der Waals surface area (Å²) in [4.78, 5) is 37.4. The smallest absolute Gasteiger partial charge is 0.408 e. The zero-order valence-electron chi connectivity index (χ0n) is 24.2. The molecule has 0 aliphatic heterocycles. The van der Waals surface area contributed by atoms with Gasteiger partial charge in [0.15, 0.2) is 14.4 Å². The third-order valence-corrected chi connectivity index (χ3v) is 10.5. The van der Waals surface area contributed by atoms with Gasteiger partial charge in [-0.1, -0.05) is 39.8 Å². The molecular formula is C27H46N2O7Si. The lowest BCUT2D eigenvalue weighted by Crippen LogP contribution is -2.54. The number of nitrogens with one attached hydrogen (secondary N) is 2. The van der Waals surface area contributed by atoms with Crippen LogP contribution in [0.2, 0.25) is 18.1 Å². The standard InChI is InChI=1S/C27H46N2O7Si/c1-11-13-22(30)28-20-15-12-14-19(16-20)17-34-23(24(31)33-8)21(29-25(32)36-26(2,3)4)18-35-37(9,10)27(5,6)7/h12,14-16,21,23H,11,13,17-18H2,1-10H3,(H,28,30)(H,29,32)/t21-,23-/m1/s1. The van der Waals surface area contributed by atoms with E-state index in [0.29, 0.717) is 12.1 Å². The Morgan fingerprint density at radius 3 is 2.24 bits per heavy atom. The number of alkyl carbamates (subject to hydrolysis) is 1. The Kier molecular flexibility index (Phi) is 12.3. The lowest BCUT2D eigenvalue weighted by atomic mass is 10.1. The van der Waals surface area contributed by atoms with Gasteiger partial charge >= 0.3 is 12.1 Å². The maximum absolute atomic E-state index is 12.8. The van der Waals surface area contributed by atoms with Gasteiger partial charge < -0.3 is 29.3 Å². The van der Waals surface area contributed by atoms with Gasteiger partial charge in [0.25, 0.3) is 0 Å². The zero-order chi connectivity index (χ0) is 28.4. The highest BCUT2D eigenvalue weighted by atomic mass is 28.4. The predicted molar refractivity (Wildman–Crippen MR) is 147 cm³/mol. The van der Waals surface area contributed by atoms with Crippen molar-refractivity contribution in [1.82, 2.24) is 5.32 Å². The second kappa shape index (κ2) is 13.9. The Hall–Kier alpha value is -2.43. The molecular weight excluding hydrogens is 492 g/mol. The molecule has 0 unspecified atom stereocenters. The van der Waals surface area contributed by atoms with Crippen molar-refractivity contribution in [2.75, 3.05) is 19.0 Å². The minimum Gasteiger partial charge on any atom is -0.467 e. The van der Waals surface area contributed by atoms with Gasteiger partial charge in [0, 0.05) is 12.1 Å². The molecule has 2 atom stereocenters. The zero-order valence-corrected chi connectivity index (χ0v) is 25.2. The molecule has 0 heterocycles. The SMILES string of the molecule is CCCC(=O)Nc1cccc(CO[C@@H](C(=O)OC)[C@@H](CO[Si](C)(C)C(C)(C)C)NC(=O)OC(C)(C)C)c1. The van der Waals surface area contributed by atoms with Gasteiger partial charge in [-0.05, 0) is 63.0 Å². The van der Waals surface area contributed by atoms with Crippen LogP contribution in [0.3, 0.4) is 0 Å². The van der Waals surface area contributed by atoms with E-state index in [2.05, 4.69) is 44.5 Å². The van der Waals surface area contributed by atoms with Crippen molar-refractivity contribution >= 4 is 32.0 Å². The van der Waals surface area contributed by atoms with E-state index in [9.17, 15) is 14.4 Å². The normalized spacial score (nSPS) is 13.9. The average Bonchev–Trinajstić information content (AvgIpc) is 2.75. The summed E-state index contributed by atoms with van der Waals surface area (Å²) in [6.45, 7) is 17.8. The highest BCUT2D eigenvalue weighted by Gasteiger charge is 2.40. The average molecular weight is 539 g/mol. The second-order valence-electron chi connectivity index (χ2n) is 11.6. The Bertz CT molecular complexity index is 907. The van der Waals surface area contributed by atoms with Crippen molar-refractivity contribution in [3.05, 3.63) is 29.8 Å². The number of hydrogen-bond acceptors (Lipinski definition) is 7. The van der Waals surface area contributed by atoms with E-state index >= 15 is 0 Å². The van der Waals surface area contributed by atoms with Gasteiger partial charge in [-0.15, -0.1) is 0 Å². The molecule has 0 saturated heterocycles.